The van der Waals surface area contributed by atoms with Crippen molar-refractivity contribution in [2.45, 2.75) is 53.0 Å². The van der Waals surface area contributed by atoms with E-state index in [1.807, 2.05) is 11.8 Å². The molecule has 0 saturated carbocycles. The van der Waals surface area contributed by atoms with Gasteiger partial charge in [-0.1, -0.05) is 19.8 Å². The SMILES string of the molecule is CCCCCN1C(=O)C(C)Nc2cc(C)c(C)cc21. The van der Waals surface area contributed by atoms with Crippen LogP contribution in [-0.2, 0) is 4.79 Å². The minimum atomic E-state index is -0.128. The Morgan fingerprint density at radius 3 is 2.58 bits per heavy atom. The van der Waals surface area contributed by atoms with Crippen molar-refractivity contribution in [3.63, 3.8) is 0 Å². The number of unbranched alkanes of at least 4 members (excludes halogenated alkanes) is 2. The van der Waals surface area contributed by atoms with Gasteiger partial charge in [0.1, 0.15) is 6.04 Å². The van der Waals surface area contributed by atoms with E-state index in [9.17, 15) is 4.79 Å². The highest BCUT2D eigenvalue weighted by Crippen LogP contribution is 2.34. The van der Waals surface area contributed by atoms with Crippen LogP contribution in [0.25, 0.3) is 0 Å². The Bertz CT molecular complexity index is 482. The molecule has 0 radical (unpaired) electrons. The van der Waals surface area contributed by atoms with Crippen molar-refractivity contribution in [3.8, 4) is 0 Å². The second-order valence-corrected chi connectivity index (χ2v) is 5.52. The van der Waals surface area contributed by atoms with Crippen LogP contribution in [-0.4, -0.2) is 18.5 Å². The quantitative estimate of drug-likeness (QED) is 0.838. The molecule has 0 fully saturated rings. The van der Waals surface area contributed by atoms with E-state index >= 15 is 0 Å². The molecule has 0 aliphatic carbocycles. The summed E-state index contributed by atoms with van der Waals surface area (Å²) >= 11 is 0. The molecule has 104 valence electrons. The van der Waals surface area contributed by atoms with Crippen LogP contribution in [0.15, 0.2) is 12.1 Å². The van der Waals surface area contributed by atoms with Gasteiger partial charge in [-0.3, -0.25) is 4.79 Å². The topological polar surface area (TPSA) is 32.3 Å². The van der Waals surface area contributed by atoms with Crippen molar-refractivity contribution >= 4 is 17.3 Å². The summed E-state index contributed by atoms with van der Waals surface area (Å²) in [7, 11) is 0. The van der Waals surface area contributed by atoms with Crippen LogP contribution < -0.4 is 10.2 Å². The molecule has 0 bridgehead atoms. The van der Waals surface area contributed by atoms with Gasteiger partial charge in [0.25, 0.3) is 0 Å². The molecule has 1 amide bonds. The molecule has 3 heteroatoms. The molecule has 3 nitrogen and oxygen atoms in total. The highest BCUT2D eigenvalue weighted by atomic mass is 16.2. The molecule has 1 aliphatic heterocycles. The molecule has 1 atom stereocenters. The molecule has 1 aromatic rings. The van der Waals surface area contributed by atoms with Crippen LogP contribution in [0.4, 0.5) is 11.4 Å². The Morgan fingerprint density at radius 1 is 1.21 bits per heavy atom. The number of aryl methyl sites for hydroxylation is 2. The van der Waals surface area contributed by atoms with Crippen molar-refractivity contribution in [1.82, 2.24) is 0 Å². The van der Waals surface area contributed by atoms with Crippen LogP contribution in [0.1, 0.15) is 44.2 Å². The summed E-state index contributed by atoms with van der Waals surface area (Å²) in [6.07, 6.45) is 3.42. The highest BCUT2D eigenvalue weighted by molar-refractivity contribution is 6.04. The molecule has 1 aromatic carbocycles. The molecule has 1 heterocycles. The number of hydrogen-bond acceptors (Lipinski definition) is 2. The van der Waals surface area contributed by atoms with E-state index in [-0.39, 0.29) is 11.9 Å². The van der Waals surface area contributed by atoms with Crippen molar-refractivity contribution in [1.29, 1.82) is 0 Å². The first-order valence-corrected chi connectivity index (χ1v) is 7.23. The fraction of sp³-hybridized carbons (Fsp3) is 0.562. The predicted molar refractivity (Wildman–Crippen MR) is 80.9 cm³/mol. The Hall–Kier alpha value is -1.51. The van der Waals surface area contributed by atoms with Crippen molar-refractivity contribution in [2.75, 3.05) is 16.8 Å². The fourth-order valence-electron chi connectivity index (χ4n) is 2.54. The second kappa shape index (κ2) is 5.64. The van der Waals surface area contributed by atoms with Gasteiger partial charge in [-0.15, -0.1) is 0 Å². The molecule has 0 saturated heterocycles. The summed E-state index contributed by atoms with van der Waals surface area (Å²) in [4.78, 5) is 14.3. The number of nitrogens with zero attached hydrogens (tertiary/aromatic N) is 1. The Labute approximate surface area is 116 Å². The summed E-state index contributed by atoms with van der Waals surface area (Å²) in [6, 6.07) is 4.16. The van der Waals surface area contributed by atoms with Crippen LogP contribution in [0.2, 0.25) is 0 Å². The minimum absolute atomic E-state index is 0.128. The number of fused-ring (bicyclic) bond motifs is 1. The van der Waals surface area contributed by atoms with Crippen molar-refractivity contribution < 1.29 is 4.79 Å². The van der Waals surface area contributed by atoms with Gasteiger partial charge in [0.2, 0.25) is 5.91 Å². The smallest absolute Gasteiger partial charge is 0.249 e. The predicted octanol–water partition coefficient (Wildman–Crippen LogP) is 3.64. The van der Waals surface area contributed by atoms with E-state index in [4.69, 9.17) is 0 Å². The largest absolute Gasteiger partial charge is 0.372 e. The molecular formula is C16H24N2O. The maximum atomic E-state index is 12.3. The third kappa shape index (κ3) is 2.75. The third-order valence-corrected chi connectivity index (χ3v) is 3.90. The van der Waals surface area contributed by atoms with Gasteiger partial charge in [0.05, 0.1) is 11.4 Å². The lowest BCUT2D eigenvalue weighted by atomic mass is 10.0. The Balaban J connectivity index is 2.32. The minimum Gasteiger partial charge on any atom is -0.372 e. The average Bonchev–Trinajstić information content (AvgIpc) is 2.37. The van der Waals surface area contributed by atoms with Gasteiger partial charge in [0, 0.05) is 6.54 Å². The van der Waals surface area contributed by atoms with E-state index in [1.54, 1.807) is 0 Å². The van der Waals surface area contributed by atoms with E-state index in [0.29, 0.717) is 0 Å². The summed E-state index contributed by atoms with van der Waals surface area (Å²) in [5, 5.41) is 3.31. The number of amides is 1. The maximum absolute atomic E-state index is 12.3. The molecule has 0 aromatic heterocycles. The summed E-state index contributed by atoms with van der Waals surface area (Å²) < 4.78 is 0. The lowest BCUT2D eigenvalue weighted by Gasteiger charge is -2.34. The molecule has 0 spiro atoms. The van der Waals surface area contributed by atoms with Gasteiger partial charge >= 0.3 is 0 Å². The number of hydrogen-bond donors (Lipinski definition) is 1. The van der Waals surface area contributed by atoms with Crippen LogP contribution in [0, 0.1) is 13.8 Å². The fourth-order valence-corrected chi connectivity index (χ4v) is 2.54. The zero-order chi connectivity index (χ0) is 14.0. The summed E-state index contributed by atoms with van der Waals surface area (Å²) in [5.41, 5.74) is 4.64. The van der Waals surface area contributed by atoms with Gasteiger partial charge in [-0.05, 0) is 50.5 Å². The standard InChI is InChI=1S/C16H24N2O/c1-5-6-7-8-18-15-10-12(3)11(2)9-14(15)17-13(4)16(18)19/h9-10,13,17H,5-8H2,1-4H3. The zero-order valence-electron chi connectivity index (χ0n) is 12.4. The molecule has 19 heavy (non-hydrogen) atoms. The first-order chi connectivity index (χ1) is 9.04. The molecule has 1 unspecified atom stereocenters. The number of nitrogens with one attached hydrogen (secondary N) is 1. The first-order valence-electron chi connectivity index (χ1n) is 7.23. The summed E-state index contributed by atoms with van der Waals surface area (Å²) in [6.45, 7) is 9.16. The van der Waals surface area contributed by atoms with E-state index < -0.39 is 0 Å². The van der Waals surface area contributed by atoms with Gasteiger partial charge in [-0.25, -0.2) is 0 Å². The zero-order valence-corrected chi connectivity index (χ0v) is 12.4. The number of carbonyl (C=O) groups is 1. The molecular weight excluding hydrogens is 236 g/mol. The maximum Gasteiger partial charge on any atom is 0.249 e. The van der Waals surface area contributed by atoms with E-state index in [2.05, 4.69) is 38.2 Å². The number of anilines is 2. The average molecular weight is 260 g/mol. The number of benzene rings is 1. The normalized spacial score (nSPS) is 18.2. The van der Waals surface area contributed by atoms with Crippen LogP contribution >= 0.6 is 0 Å². The van der Waals surface area contributed by atoms with E-state index in [1.165, 1.54) is 24.0 Å². The monoisotopic (exact) mass is 260 g/mol. The Kier molecular flexibility index (Phi) is 4.13. The summed E-state index contributed by atoms with van der Waals surface area (Å²) in [5.74, 6) is 0.187. The van der Waals surface area contributed by atoms with Crippen LogP contribution in [0.3, 0.4) is 0 Å². The number of carbonyl (C=O) groups excluding carboxylic acids is 1. The number of rotatable bonds is 4. The first kappa shape index (κ1) is 13.9. The van der Waals surface area contributed by atoms with Gasteiger partial charge < -0.3 is 10.2 Å². The van der Waals surface area contributed by atoms with Crippen LogP contribution in [0.5, 0.6) is 0 Å². The molecule has 1 aliphatic rings. The van der Waals surface area contributed by atoms with Gasteiger partial charge in [0.15, 0.2) is 0 Å². The highest BCUT2D eigenvalue weighted by Gasteiger charge is 2.29. The molecule has 2 rings (SSSR count). The third-order valence-electron chi connectivity index (χ3n) is 3.90. The van der Waals surface area contributed by atoms with Crippen molar-refractivity contribution in [2.24, 2.45) is 0 Å². The van der Waals surface area contributed by atoms with Crippen molar-refractivity contribution in [3.05, 3.63) is 23.3 Å². The van der Waals surface area contributed by atoms with E-state index in [0.717, 1.165) is 24.3 Å². The Morgan fingerprint density at radius 2 is 1.89 bits per heavy atom. The molecule has 1 N–H and O–H groups in total. The second-order valence-electron chi connectivity index (χ2n) is 5.52. The lowest BCUT2D eigenvalue weighted by molar-refractivity contribution is -0.119. The van der Waals surface area contributed by atoms with Gasteiger partial charge in [-0.2, -0.15) is 0 Å². The lowest BCUT2D eigenvalue weighted by Crippen LogP contribution is -2.46.